The van der Waals surface area contributed by atoms with Gasteiger partial charge in [0.25, 0.3) is 0 Å². The van der Waals surface area contributed by atoms with Gasteiger partial charge in [0.15, 0.2) is 0 Å². The van der Waals surface area contributed by atoms with Crippen molar-refractivity contribution in [2.75, 3.05) is 46.4 Å². The van der Waals surface area contributed by atoms with Crippen LogP contribution in [0.15, 0.2) is 42.6 Å². The fraction of sp³-hybridized carbons (Fsp3) is 0.500. The van der Waals surface area contributed by atoms with Crippen molar-refractivity contribution in [3.8, 4) is 17.0 Å². The number of pyridine rings is 1. The van der Waals surface area contributed by atoms with E-state index in [4.69, 9.17) is 15.6 Å². The maximum atomic E-state index is 11.0. The Balaban J connectivity index is 0.000000176. The second-order valence-electron chi connectivity index (χ2n) is 10.2. The van der Waals surface area contributed by atoms with Crippen LogP contribution in [0.2, 0.25) is 0 Å². The average Bonchev–Trinajstić information content (AvgIpc) is 3.36. The van der Waals surface area contributed by atoms with Crippen LogP contribution in [0.4, 0.5) is 0 Å². The first-order valence-corrected chi connectivity index (χ1v) is 13.1. The highest BCUT2D eigenvalue weighted by Gasteiger charge is 2.24. The van der Waals surface area contributed by atoms with Gasteiger partial charge in [0.05, 0.1) is 13.2 Å². The van der Waals surface area contributed by atoms with Crippen molar-refractivity contribution < 1.29 is 19.7 Å². The van der Waals surface area contributed by atoms with E-state index in [0.29, 0.717) is 17.8 Å². The number of ether oxygens (including phenoxy) is 1. The van der Waals surface area contributed by atoms with Gasteiger partial charge in [0, 0.05) is 61.0 Å². The van der Waals surface area contributed by atoms with Gasteiger partial charge in [-0.15, -0.1) is 0 Å². The standard InChI is InChI=1S/C15H12N2O3.C13H27N3O/c1-20-14-6-5-9(8-16-14)10-3-2-4-12-11(10)7-13(17-12)15(18)19;1-11-10-16(7-4-13(11)17)9-8-15-5-2-12(14)3-6-15/h2-8,17H,1H3,(H,18,19);11-13,17H,2-10,14H2,1H3/t;11-,13-/m.0/s1. The molecule has 200 valence electrons. The maximum absolute atomic E-state index is 11.0. The Morgan fingerprint density at radius 1 is 1.14 bits per heavy atom. The molecule has 5 rings (SSSR count). The number of hydrogen-bond acceptors (Lipinski definition) is 7. The van der Waals surface area contributed by atoms with E-state index in [1.54, 1.807) is 25.4 Å². The number of fused-ring (bicyclic) bond motifs is 1. The van der Waals surface area contributed by atoms with Gasteiger partial charge in [-0.05, 0) is 62.0 Å². The number of benzene rings is 1. The van der Waals surface area contributed by atoms with E-state index in [1.165, 1.54) is 0 Å². The number of aliphatic hydroxyl groups excluding tert-OH is 1. The van der Waals surface area contributed by atoms with Crippen molar-refractivity contribution in [2.24, 2.45) is 11.7 Å². The van der Waals surface area contributed by atoms with Gasteiger partial charge < -0.3 is 35.5 Å². The first-order valence-electron chi connectivity index (χ1n) is 13.1. The zero-order chi connectivity index (χ0) is 26.4. The number of nitrogens with zero attached hydrogens (tertiary/aromatic N) is 3. The molecule has 2 aromatic heterocycles. The monoisotopic (exact) mass is 509 g/mol. The summed E-state index contributed by atoms with van der Waals surface area (Å²) >= 11 is 0. The first-order chi connectivity index (χ1) is 17.8. The minimum absolute atomic E-state index is 0.0840. The van der Waals surface area contributed by atoms with Crippen LogP contribution in [0.3, 0.4) is 0 Å². The lowest BCUT2D eigenvalue weighted by molar-refractivity contribution is 0.0304. The number of aromatic amines is 1. The van der Waals surface area contributed by atoms with Gasteiger partial charge in [-0.2, -0.15) is 0 Å². The Morgan fingerprint density at radius 3 is 2.51 bits per heavy atom. The largest absolute Gasteiger partial charge is 0.481 e. The highest BCUT2D eigenvalue weighted by atomic mass is 16.5. The van der Waals surface area contributed by atoms with Crippen LogP contribution >= 0.6 is 0 Å². The smallest absolute Gasteiger partial charge is 0.352 e. The van der Waals surface area contributed by atoms with Crippen LogP contribution in [0.1, 0.15) is 36.7 Å². The van der Waals surface area contributed by atoms with Gasteiger partial charge in [0.1, 0.15) is 5.69 Å². The summed E-state index contributed by atoms with van der Waals surface area (Å²) in [7, 11) is 1.56. The van der Waals surface area contributed by atoms with E-state index in [0.717, 1.165) is 80.6 Å². The molecule has 0 saturated carbocycles. The number of likely N-dealkylation sites (tertiary alicyclic amines) is 2. The van der Waals surface area contributed by atoms with E-state index < -0.39 is 5.97 Å². The number of H-pyrrole nitrogens is 1. The SMILES string of the molecule is COc1ccc(-c2cccc3[nH]c(C(=O)O)cc23)cn1.C[C@H]1CN(CCN2CCC(N)CC2)CC[C@@H]1O. The molecule has 4 heterocycles. The minimum Gasteiger partial charge on any atom is -0.481 e. The van der Waals surface area contributed by atoms with Crippen molar-refractivity contribution in [2.45, 2.75) is 38.3 Å². The summed E-state index contributed by atoms with van der Waals surface area (Å²) in [4.78, 5) is 23.1. The molecule has 0 amide bonds. The molecule has 0 bridgehead atoms. The number of carboxylic acid groups (broad SMARTS) is 1. The van der Waals surface area contributed by atoms with Gasteiger partial charge in [-0.3, -0.25) is 0 Å². The number of nitrogens with one attached hydrogen (secondary N) is 1. The van der Waals surface area contributed by atoms with Crippen LogP contribution < -0.4 is 10.5 Å². The Labute approximate surface area is 218 Å². The second kappa shape index (κ2) is 12.5. The molecule has 2 atom stereocenters. The molecular formula is C28H39N5O4. The molecule has 2 fully saturated rings. The molecule has 0 spiro atoms. The number of nitrogens with two attached hydrogens (primary N) is 1. The molecular weight excluding hydrogens is 470 g/mol. The minimum atomic E-state index is -0.972. The Hall–Kier alpha value is -2.98. The summed E-state index contributed by atoms with van der Waals surface area (Å²) < 4.78 is 5.03. The normalized spacial score (nSPS) is 21.4. The van der Waals surface area contributed by atoms with Gasteiger partial charge in [0.2, 0.25) is 5.88 Å². The Bertz CT molecular complexity index is 1160. The predicted molar refractivity (Wildman–Crippen MR) is 145 cm³/mol. The summed E-state index contributed by atoms with van der Waals surface area (Å²) in [6, 6.07) is 11.4. The van der Waals surface area contributed by atoms with Crippen LogP contribution in [-0.4, -0.2) is 94.5 Å². The predicted octanol–water partition coefficient (Wildman–Crippen LogP) is 3.05. The van der Waals surface area contributed by atoms with Crippen molar-refractivity contribution >= 4 is 16.9 Å². The van der Waals surface area contributed by atoms with Gasteiger partial charge in [-0.25, -0.2) is 9.78 Å². The number of carboxylic acids is 1. The lowest BCUT2D eigenvalue weighted by atomic mass is 9.97. The molecule has 9 heteroatoms. The third-order valence-corrected chi connectivity index (χ3v) is 7.46. The van der Waals surface area contributed by atoms with E-state index >= 15 is 0 Å². The molecule has 37 heavy (non-hydrogen) atoms. The first kappa shape index (κ1) is 27.1. The van der Waals surface area contributed by atoms with Crippen molar-refractivity contribution in [3.63, 3.8) is 0 Å². The lowest BCUT2D eigenvalue weighted by Gasteiger charge is -2.36. The van der Waals surface area contributed by atoms with Crippen molar-refractivity contribution in [1.29, 1.82) is 0 Å². The molecule has 9 nitrogen and oxygen atoms in total. The topological polar surface area (TPSA) is 128 Å². The second-order valence-corrected chi connectivity index (χ2v) is 10.2. The van der Waals surface area contributed by atoms with E-state index in [-0.39, 0.29) is 11.8 Å². The number of piperidine rings is 2. The molecule has 2 saturated heterocycles. The van der Waals surface area contributed by atoms with E-state index in [9.17, 15) is 9.90 Å². The third-order valence-electron chi connectivity index (χ3n) is 7.46. The van der Waals surface area contributed by atoms with Gasteiger partial charge >= 0.3 is 5.97 Å². The Kier molecular flexibility index (Phi) is 9.15. The molecule has 0 radical (unpaired) electrons. The molecule has 3 aromatic rings. The summed E-state index contributed by atoms with van der Waals surface area (Å²) in [5.41, 5.74) is 8.71. The zero-order valence-electron chi connectivity index (χ0n) is 21.8. The molecule has 2 aliphatic rings. The van der Waals surface area contributed by atoms with E-state index in [1.807, 2.05) is 24.3 Å². The Morgan fingerprint density at radius 2 is 1.86 bits per heavy atom. The molecule has 1 aromatic carbocycles. The maximum Gasteiger partial charge on any atom is 0.352 e. The van der Waals surface area contributed by atoms with Crippen molar-refractivity contribution in [3.05, 3.63) is 48.3 Å². The number of aromatic carboxylic acids is 1. The third kappa shape index (κ3) is 7.07. The number of carbonyl (C=O) groups is 1. The number of rotatable bonds is 6. The van der Waals surface area contributed by atoms with Crippen LogP contribution in [0, 0.1) is 5.92 Å². The van der Waals surface area contributed by atoms with Crippen LogP contribution in [0.5, 0.6) is 5.88 Å². The fourth-order valence-corrected chi connectivity index (χ4v) is 5.06. The number of hydrogen-bond donors (Lipinski definition) is 4. The summed E-state index contributed by atoms with van der Waals surface area (Å²) in [6.07, 6.45) is 4.86. The number of aromatic nitrogens is 2. The number of methoxy groups -OCH3 is 1. The zero-order valence-corrected chi connectivity index (χ0v) is 21.8. The highest BCUT2D eigenvalue weighted by molar-refractivity contribution is 6.00. The molecule has 0 aliphatic carbocycles. The average molecular weight is 510 g/mol. The molecule has 5 N–H and O–H groups in total. The quantitative estimate of drug-likeness (QED) is 0.399. The fourth-order valence-electron chi connectivity index (χ4n) is 5.06. The summed E-state index contributed by atoms with van der Waals surface area (Å²) in [6.45, 7) is 8.88. The summed E-state index contributed by atoms with van der Waals surface area (Å²) in [5.74, 6) is -0.000229. The lowest BCUT2D eigenvalue weighted by Crippen LogP contribution is -2.47. The van der Waals surface area contributed by atoms with Crippen LogP contribution in [-0.2, 0) is 0 Å². The van der Waals surface area contributed by atoms with Crippen molar-refractivity contribution in [1.82, 2.24) is 19.8 Å². The molecule has 0 unspecified atom stereocenters. The van der Waals surface area contributed by atoms with Gasteiger partial charge in [-0.1, -0.05) is 19.1 Å². The van der Waals surface area contributed by atoms with E-state index in [2.05, 4.69) is 26.7 Å². The highest BCUT2D eigenvalue weighted by Crippen LogP contribution is 2.29. The summed E-state index contributed by atoms with van der Waals surface area (Å²) in [5, 5.41) is 19.6. The van der Waals surface area contributed by atoms with Crippen LogP contribution in [0.25, 0.3) is 22.0 Å². The number of aliphatic hydroxyl groups is 1. The molecule has 2 aliphatic heterocycles.